The number of aromatic nitrogens is 1. The van der Waals surface area contributed by atoms with Crippen LogP contribution in [0.5, 0.6) is 0 Å². The lowest BCUT2D eigenvalue weighted by Crippen LogP contribution is -2.31. The van der Waals surface area contributed by atoms with Crippen LogP contribution in [0.1, 0.15) is 37.9 Å². The number of hydrogen-bond donors (Lipinski definition) is 2. The third-order valence-electron chi connectivity index (χ3n) is 4.47. The number of rotatable bonds is 9. The quantitative estimate of drug-likeness (QED) is 0.601. The Morgan fingerprint density at radius 1 is 1.19 bits per heavy atom. The number of aliphatic hydroxyl groups is 1. The Morgan fingerprint density at radius 3 is 2.59 bits per heavy atom. The molecule has 27 heavy (non-hydrogen) atoms. The summed E-state index contributed by atoms with van der Waals surface area (Å²) in [6.45, 7) is 2.26. The molecule has 0 bridgehead atoms. The topological polar surface area (TPSA) is 98.6 Å². The van der Waals surface area contributed by atoms with E-state index in [1.54, 1.807) is 0 Å². The molecular weight excluding hydrogens is 344 g/mol. The lowest BCUT2D eigenvalue weighted by Gasteiger charge is -2.15. The molecule has 2 atom stereocenters. The fourth-order valence-electron chi connectivity index (χ4n) is 3.02. The monoisotopic (exact) mass is 368 g/mol. The molecule has 2 aromatic carbocycles. The van der Waals surface area contributed by atoms with Gasteiger partial charge in [0.05, 0.1) is 6.10 Å². The first kappa shape index (κ1) is 19.1. The van der Waals surface area contributed by atoms with Crippen LogP contribution in [0.3, 0.4) is 0 Å². The molecule has 0 aliphatic carbocycles. The van der Waals surface area contributed by atoms with Crippen molar-refractivity contribution in [2.45, 2.75) is 38.4 Å². The van der Waals surface area contributed by atoms with Crippen LogP contribution >= 0.6 is 0 Å². The van der Waals surface area contributed by atoms with Crippen molar-refractivity contribution in [2.24, 2.45) is 5.73 Å². The highest BCUT2D eigenvalue weighted by molar-refractivity contribution is 5.78. The van der Waals surface area contributed by atoms with Crippen molar-refractivity contribution in [2.75, 3.05) is 6.61 Å². The number of carbonyl (C=O) groups is 1. The van der Waals surface area contributed by atoms with Crippen molar-refractivity contribution in [1.82, 2.24) is 4.98 Å². The van der Waals surface area contributed by atoms with Crippen molar-refractivity contribution in [3.05, 3.63) is 54.1 Å². The van der Waals surface area contributed by atoms with E-state index in [0.717, 1.165) is 22.2 Å². The third kappa shape index (κ3) is 4.72. The van der Waals surface area contributed by atoms with Crippen molar-refractivity contribution in [3.8, 4) is 11.5 Å². The lowest BCUT2D eigenvalue weighted by molar-refractivity contribution is -0.129. The zero-order valence-corrected chi connectivity index (χ0v) is 15.3. The highest BCUT2D eigenvalue weighted by atomic mass is 16.5. The highest BCUT2D eigenvalue weighted by Gasteiger charge is 2.16. The molecule has 3 rings (SSSR count). The number of para-hydroxylation sites is 2. The Balaban J connectivity index is 1.60. The maximum Gasteiger partial charge on any atom is 0.246 e. The van der Waals surface area contributed by atoms with Crippen LogP contribution in [0.4, 0.5) is 0 Å². The largest absolute Gasteiger partial charge is 0.436 e. The number of aliphatic hydroxyl groups excluding tert-OH is 1. The minimum atomic E-state index is -0.613. The SMILES string of the molecule is CCOC(CCCC(O)c1ccc(-c2nc3ccccc3o2)cc1)C(N)=O. The Morgan fingerprint density at radius 2 is 1.93 bits per heavy atom. The van der Waals surface area contributed by atoms with E-state index >= 15 is 0 Å². The van der Waals surface area contributed by atoms with Gasteiger partial charge in [0.1, 0.15) is 11.6 Å². The normalized spacial score (nSPS) is 13.6. The van der Waals surface area contributed by atoms with Gasteiger partial charge in [-0.1, -0.05) is 24.3 Å². The maximum atomic E-state index is 11.3. The van der Waals surface area contributed by atoms with E-state index in [4.69, 9.17) is 14.9 Å². The molecular formula is C21H24N2O4. The molecule has 1 amide bonds. The summed E-state index contributed by atoms with van der Waals surface area (Å²) in [6.07, 6.45) is 0.462. The fraction of sp³-hybridized carbons (Fsp3) is 0.333. The summed E-state index contributed by atoms with van der Waals surface area (Å²) in [6, 6.07) is 15.1. The van der Waals surface area contributed by atoms with Crippen LogP contribution in [0.15, 0.2) is 52.9 Å². The molecule has 1 heterocycles. The summed E-state index contributed by atoms with van der Waals surface area (Å²) >= 11 is 0. The zero-order chi connectivity index (χ0) is 19.2. The fourth-order valence-corrected chi connectivity index (χ4v) is 3.02. The van der Waals surface area contributed by atoms with Gasteiger partial charge >= 0.3 is 0 Å². The number of carbonyl (C=O) groups excluding carboxylic acids is 1. The van der Waals surface area contributed by atoms with Gasteiger partial charge in [-0.15, -0.1) is 0 Å². The van der Waals surface area contributed by atoms with Crippen molar-refractivity contribution in [3.63, 3.8) is 0 Å². The molecule has 2 unspecified atom stereocenters. The van der Waals surface area contributed by atoms with E-state index in [0.29, 0.717) is 31.8 Å². The second kappa shape index (κ2) is 8.79. The van der Waals surface area contributed by atoms with Crippen molar-refractivity contribution >= 4 is 17.0 Å². The minimum Gasteiger partial charge on any atom is -0.436 e. The van der Waals surface area contributed by atoms with Crippen LogP contribution in [-0.4, -0.2) is 28.7 Å². The number of nitrogens with zero attached hydrogens (tertiary/aromatic N) is 1. The molecule has 1 aromatic heterocycles. The first-order chi connectivity index (χ1) is 13.1. The number of amides is 1. The number of benzene rings is 2. The van der Waals surface area contributed by atoms with E-state index in [9.17, 15) is 9.90 Å². The van der Waals surface area contributed by atoms with E-state index in [1.807, 2.05) is 55.5 Å². The third-order valence-corrected chi connectivity index (χ3v) is 4.47. The Hall–Kier alpha value is -2.70. The summed E-state index contributed by atoms with van der Waals surface area (Å²) in [5, 5.41) is 10.4. The van der Waals surface area contributed by atoms with Crippen LogP contribution in [0, 0.1) is 0 Å². The molecule has 0 saturated heterocycles. The Kier molecular flexibility index (Phi) is 6.21. The summed E-state index contributed by atoms with van der Waals surface area (Å²) < 4.78 is 11.1. The Labute approximate surface area is 158 Å². The number of oxazole rings is 1. The molecule has 0 aliphatic rings. The van der Waals surface area contributed by atoms with Gasteiger partial charge in [-0.25, -0.2) is 4.98 Å². The van der Waals surface area contributed by atoms with E-state index in [1.165, 1.54) is 0 Å². The van der Waals surface area contributed by atoms with Gasteiger partial charge in [-0.3, -0.25) is 4.79 Å². The van der Waals surface area contributed by atoms with Crippen molar-refractivity contribution in [1.29, 1.82) is 0 Å². The summed E-state index contributed by atoms with van der Waals surface area (Å²) in [4.78, 5) is 15.8. The number of hydrogen-bond acceptors (Lipinski definition) is 5. The molecule has 0 radical (unpaired) electrons. The second-order valence-corrected chi connectivity index (χ2v) is 6.40. The number of primary amides is 1. The Bertz CT molecular complexity index is 856. The molecule has 3 N–H and O–H groups in total. The molecule has 142 valence electrons. The first-order valence-electron chi connectivity index (χ1n) is 9.13. The first-order valence-corrected chi connectivity index (χ1v) is 9.13. The molecule has 6 nitrogen and oxygen atoms in total. The predicted octanol–water partition coefficient (Wildman–Crippen LogP) is 3.59. The number of ether oxygens (including phenoxy) is 1. The van der Waals surface area contributed by atoms with Gasteiger partial charge in [0.2, 0.25) is 11.8 Å². The summed E-state index contributed by atoms with van der Waals surface area (Å²) in [5.74, 6) is 0.0901. The van der Waals surface area contributed by atoms with Crippen LogP contribution in [0.25, 0.3) is 22.6 Å². The van der Waals surface area contributed by atoms with E-state index in [-0.39, 0.29) is 0 Å². The van der Waals surface area contributed by atoms with Gasteiger partial charge in [-0.2, -0.15) is 0 Å². The summed E-state index contributed by atoms with van der Waals surface area (Å²) in [5.41, 5.74) is 8.53. The standard InChI is InChI=1S/C21H24N2O4/c1-2-26-19(20(22)25)9-5-7-17(24)14-10-12-15(13-11-14)21-23-16-6-3-4-8-18(16)27-21/h3-4,6,8,10-13,17,19,24H,2,5,7,9H2,1H3,(H2,22,25). The van der Waals surface area contributed by atoms with E-state index in [2.05, 4.69) is 4.98 Å². The van der Waals surface area contributed by atoms with E-state index < -0.39 is 18.1 Å². The summed E-state index contributed by atoms with van der Waals surface area (Å²) in [7, 11) is 0. The maximum absolute atomic E-state index is 11.3. The van der Waals surface area contributed by atoms with Crippen LogP contribution < -0.4 is 5.73 Å². The molecule has 0 saturated carbocycles. The predicted molar refractivity (Wildman–Crippen MR) is 103 cm³/mol. The smallest absolute Gasteiger partial charge is 0.246 e. The molecule has 0 aliphatic heterocycles. The second-order valence-electron chi connectivity index (χ2n) is 6.40. The van der Waals surface area contributed by atoms with Gasteiger partial charge in [0.25, 0.3) is 0 Å². The van der Waals surface area contributed by atoms with Crippen molar-refractivity contribution < 1.29 is 19.1 Å². The van der Waals surface area contributed by atoms with Gasteiger partial charge in [-0.05, 0) is 56.0 Å². The van der Waals surface area contributed by atoms with Gasteiger partial charge in [0.15, 0.2) is 5.58 Å². The average molecular weight is 368 g/mol. The lowest BCUT2D eigenvalue weighted by atomic mass is 10.0. The number of fused-ring (bicyclic) bond motifs is 1. The highest BCUT2D eigenvalue weighted by Crippen LogP contribution is 2.27. The minimum absolute atomic E-state index is 0.438. The number of nitrogens with two attached hydrogens (primary N) is 1. The van der Waals surface area contributed by atoms with Crippen LogP contribution in [-0.2, 0) is 9.53 Å². The van der Waals surface area contributed by atoms with Crippen LogP contribution in [0.2, 0.25) is 0 Å². The molecule has 0 fully saturated rings. The average Bonchev–Trinajstić information content (AvgIpc) is 3.11. The molecule has 0 spiro atoms. The van der Waals surface area contributed by atoms with Gasteiger partial charge < -0.3 is 20.0 Å². The zero-order valence-electron chi connectivity index (χ0n) is 15.3. The molecule has 3 aromatic rings. The van der Waals surface area contributed by atoms with Gasteiger partial charge in [0, 0.05) is 12.2 Å². The molecule has 6 heteroatoms.